The van der Waals surface area contributed by atoms with E-state index in [1.54, 1.807) is 0 Å². The number of rotatable bonds is 2. The van der Waals surface area contributed by atoms with Crippen LogP contribution in [0.25, 0.3) is 11.5 Å². The first-order valence-corrected chi connectivity index (χ1v) is 6.95. The van der Waals surface area contributed by atoms with Crippen molar-refractivity contribution >= 4 is 5.69 Å². The number of nitrogens with two attached hydrogens (primary N) is 1. The molecule has 2 N–H and O–H groups in total. The maximum atomic E-state index is 5.79. The van der Waals surface area contributed by atoms with Gasteiger partial charge in [0.1, 0.15) is 0 Å². The number of benzene rings is 1. The van der Waals surface area contributed by atoms with Gasteiger partial charge in [0.25, 0.3) is 5.89 Å². The molecule has 3 saturated heterocycles. The summed E-state index contributed by atoms with van der Waals surface area (Å²) < 4.78 is 5.40. The summed E-state index contributed by atoms with van der Waals surface area (Å²) in [4.78, 5) is 9.46. The highest BCUT2D eigenvalue weighted by molar-refractivity contribution is 5.59. The molecule has 0 amide bonds. The Balaban J connectivity index is 1.62. The molecule has 0 saturated carbocycles. The van der Waals surface area contributed by atoms with Crippen LogP contribution in [0.15, 0.2) is 28.8 Å². The van der Waals surface area contributed by atoms with Crippen molar-refractivity contribution in [3.05, 3.63) is 30.1 Å². The van der Waals surface area contributed by atoms with Crippen molar-refractivity contribution in [2.75, 3.05) is 38.5 Å². The minimum atomic E-state index is 0.260. The minimum absolute atomic E-state index is 0.260. The van der Waals surface area contributed by atoms with Crippen LogP contribution in [0.4, 0.5) is 5.69 Å². The van der Waals surface area contributed by atoms with Crippen LogP contribution in [0.1, 0.15) is 11.9 Å². The summed E-state index contributed by atoms with van der Waals surface area (Å²) in [5, 5.41) is 4.17. The van der Waals surface area contributed by atoms with Gasteiger partial charge in [0.2, 0.25) is 0 Å². The molecule has 1 unspecified atom stereocenters. The van der Waals surface area contributed by atoms with Crippen LogP contribution in [-0.2, 0) is 0 Å². The molecule has 0 radical (unpaired) electrons. The zero-order chi connectivity index (χ0) is 13.5. The average Bonchev–Trinajstić information content (AvgIpc) is 2.98. The van der Waals surface area contributed by atoms with Crippen LogP contribution in [0.2, 0.25) is 0 Å². The molecule has 20 heavy (non-hydrogen) atoms. The van der Waals surface area contributed by atoms with E-state index in [4.69, 9.17) is 10.3 Å². The van der Waals surface area contributed by atoms with Gasteiger partial charge in [-0.05, 0) is 18.2 Å². The average molecular weight is 271 g/mol. The summed E-state index contributed by atoms with van der Waals surface area (Å²) in [6.07, 6.45) is 0. The molecule has 6 heteroatoms. The van der Waals surface area contributed by atoms with Gasteiger partial charge in [-0.25, -0.2) is 0 Å². The van der Waals surface area contributed by atoms with Gasteiger partial charge >= 0.3 is 0 Å². The van der Waals surface area contributed by atoms with Crippen LogP contribution < -0.4 is 5.73 Å². The highest BCUT2D eigenvalue weighted by Crippen LogP contribution is 2.28. The lowest BCUT2D eigenvalue weighted by molar-refractivity contribution is 0.00781. The molecule has 1 atom stereocenters. The Morgan fingerprint density at radius 3 is 2.75 bits per heavy atom. The van der Waals surface area contributed by atoms with Gasteiger partial charge in [0.05, 0.1) is 6.04 Å². The number of hydrogen-bond acceptors (Lipinski definition) is 6. The van der Waals surface area contributed by atoms with Crippen molar-refractivity contribution in [3.8, 4) is 11.5 Å². The van der Waals surface area contributed by atoms with Gasteiger partial charge in [0.15, 0.2) is 5.82 Å². The number of anilines is 1. The number of fused-ring (bicyclic) bond motifs is 3. The third kappa shape index (κ3) is 1.97. The zero-order valence-corrected chi connectivity index (χ0v) is 11.2. The molecule has 2 bridgehead atoms. The Bertz CT molecular complexity index is 618. The summed E-state index contributed by atoms with van der Waals surface area (Å²) in [6, 6.07) is 7.79. The first-order chi connectivity index (χ1) is 9.79. The predicted octanol–water partition coefficient (Wildman–Crippen LogP) is 0.991. The van der Waals surface area contributed by atoms with Crippen molar-refractivity contribution in [1.29, 1.82) is 0 Å². The predicted molar refractivity (Wildman–Crippen MR) is 74.9 cm³/mol. The van der Waals surface area contributed by atoms with Crippen molar-refractivity contribution in [2.45, 2.75) is 6.04 Å². The Kier molecular flexibility index (Phi) is 2.71. The van der Waals surface area contributed by atoms with Crippen molar-refractivity contribution in [2.24, 2.45) is 0 Å². The minimum Gasteiger partial charge on any atom is -0.399 e. The molecule has 3 aliphatic heterocycles. The van der Waals surface area contributed by atoms with Gasteiger partial charge in [-0.2, -0.15) is 4.98 Å². The third-order valence-corrected chi connectivity index (χ3v) is 4.15. The van der Waals surface area contributed by atoms with E-state index < -0.39 is 0 Å². The fourth-order valence-corrected chi connectivity index (χ4v) is 3.02. The molecule has 2 aromatic rings. The van der Waals surface area contributed by atoms with Gasteiger partial charge in [-0.3, -0.25) is 9.80 Å². The molecule has 0 spiro atoms. The molecule has 3 fully saturated rings. The van der Waals surface area contributed by atoms with Crippen LogP contribution in [0, 0.1) is 0 Å². The Morgan fingerprint density at radius 1 is 1.20 bits per heavy atom. The highest BCUT2D eigenvalue weighted by Gasteiger charge is 2.35. The molecule has 4 heterocycles. The molecular weight excluding hydrogens is 254 g/mol. The summed E-state index contributed by atoms with van der Waals surface area (Å²) in [6.45, 7) is 5.47. The first kappa shape index (κ1) is 11.9. The summed E-state index contributed by atoms with van der Waals surface area (Å²) >= 11 is 0. The largest absolute Gasteiger partial charge is 0.399 e. The van der Waals surface area contributed by atoms with E-state index in [0.717, 1.165) is 44.1 Å². The van der Waals surface area contributed by atoms with E-state index in [9.17, 15) is 0 Å². The fraction of sp³-hybridized carbons (Fsp3) is 0.429. The summed E-state index contributed by atoms with van der Waals surface area (Å²) in [5.74, 6) is 1.33. The molecule has 0 aliphatic carbocycles. The number of aromatic nitrogens is 2. The standard InChI is InChI=1S/C14H17N5O/c15-11-3-1-2-10(8-11)14-16-13(17-20-14)12-9-18-4-6-19(12)7-5-18/h1-3,8,12H,4-7,9,15H2. The first-order valence-electron chi connectivity index (χ1n) is 6.95. The van der Waals surface area contributed by atoms with E-state index in [-0.39, 0.29) is 6.04 Å². The van der Waals surface area contributed by atoms with E-state index in [1.807, 2.05) is 24.3 Å². The third-order valence-electron chi connectivity index (χ3n) is 4.15. The molecule has 1 aromatic carbocycles. The smallest absolute Gasteiger partial charge is 0.258 e. The fourth-order valence-electron chi connectivity index (χ4n) is 3.02. The monoisotopic (exact) mass is 271 g/mol. The highest BCUT2D eigenvalue weighted by atomic mass is 16.5. The Labute approximate surface area is 117 Å². The van der Waals surface area contributed by atoms with Gasteiger partial charge in [-0.15, -0.1) is 0 Å². The lowest BCUT2D eigenvalue weighted by Crippen LogP contribution is -2.57. The zero-order valence-electron chi connectivity index (χ0n) is 11.2. The summed E-state index contributed by atoms with van der Waals surface area (Å²) in [5.41, 5.74) is 7.37. The van der Waals surface area contributed by atoms with Gasteiger partial charge in [-0.1, -0.05) is 11.2 Å². The lowest BCUT2D eigenvalue weighted by atomic mass is 10.1. The van der Waals surface area contributed by atoms with Crippen molar-refractivity contribution in [1.82, 2.24) is 19.9 Å². The number of hydrogen-bond donors (Lipinski definition) is 1. The lowest BCUT2D eigenvalue weighted by Gasteiger charge is -2.46. The van der Waals surface area contributed by atoms with Crippen LogP contribution in [-0.4, -0.2) is 52.7 Å². The van der Waals surface area contributed by atoms with Crippen LogP contribution in [0.3, 0.4) is 0 Å². The van der Waals surface area contributed by atoms with E-state index in [2.05, 4.69) is 19.9 Å². The number of nitrogens with zero attached hydrogens (tertiary/aromatic N) is 4. The quantitative estimate of drug-likeness (QED) is 0.821. The summed E-state index contributed by atoms with van der Waals surface area (Å²) in [7, 11) is 0. The number of piperazine rings is 3. The number of nitrogen functional groups attached to an aromatic ring is 1. The molecule has 104 valence electrons. The SMILES string of the molecule is Nc1cccc(-c2nc(C3CN4CCN3CC4)no2)c1. The van der Waals surface area contributed by atoms with Gasteiger partial charge < -0.3 is 10.3 Å². The maximum absolute atomic E-state index is 5.79. The topological polar surface area (TPSA) is 71.4 Å². The van der Waals surface area contributed by atoms with E-state index in [0.29, 0.717) is 11.6 Å². The Morgan fingerprint density at radius 2 is 2.05 bits per heavy atom. The second-order valence-electron chi connectivity index (χ2n) is 5.44. The van der Waals surface area contributed by atoms with Gasteiger partial charge in [0, 0.05) is 44.0 Å². The Hall–Kier alpha value is -1.92. The second kappa shape index (κ2) is 4.57. The molecule has 5 rings (SSSR count). The second-order valence-corrected chi connectivity index (χ2v) is 5.44. The van der Waals surface area contributed by atoms with Crippen molar-refractivity contribution in [3.63, 3.8) is 0 Å². The molecule has 6 nitrogen and oxygen atoms in total. The van der Waals surface area contributed by atoms with E-state index >= 15 is 0 Å². The maximum Gasteiger partial charge on any atom is 0.258 e. The van der Waals surface area contributed by atoms with Crippen molar-refractivity contribution < 1.29 is 4.52 Å². The normalized spacial score (nSPS) is 28.7. The molecule has 1 aromatic heterocycles. The van der Waals surface area contributed by atoms with E-state index in [1.165, 1.54) is 0 Å². The van der Waals surface area contributed by atoms with Crippen LogP contribution in [0.5, 0.6) is 0 Å². The molecular formula is C14H17N5O. The van der Waals surface area contributed by atoms with Crippen LogP contribution >= 0.6 is 0 Å². The molecule has 3 aliphatic rings.